The molecule has 1 heterocycles. The van der Waals surface area contributed by atoms with Gasteiger partial charge in [0.2, 0.25) is 0 Å². The molecule has 0 bridgehead atoms. The van der Waals surface area contributed by atoms with Gasteiger partial charge in [0.15, 0.2) is 0 Å². The molecule has 1 unspecified atom stereocenters. The van der Waals surface area contributed by atoms with Crippen LogP contribution in [0.5, 0.6) is 5.75 Å². The molecule has 24 heavy (non-hydrogen) atoms. The standard InChI is InChI=1S/C13H20N2O.C7H6O/c1-2-15-8-7-14-9-13(15)12-5-3-11(10-16)4-6-12;1-8-7-3-2-5-4-6(5)7/h3-6,13-14,16H,2,7-10H2,1H3;2-4H,1H3. The van der Waals surface area contributed by atoms with Gasteiger partial charge in [-0.15, -0.1) is 0 Å². The van der Waals surface area contributed by atoms with Crippen LogP contribution in [-0.4, -0.2) is 43.3 Å². The van der Waals surface area contributed by atoms with E-state index in [-0.39, 0.29) is 6.61 Å². The van der Waals surface area contributed by atoms with Crippen LogP contribution < -0.4 is 10.1 Å². The van der Waals surface area contributed by atoms with E-state index in [4.69, 9.17) is 9.84 Å². The number of ether oxygens (including phenoxy) is 1. The van der Waals surface area contributed by atoms with Gasteiger partial charge in [-0.2, -0.15) is 0 Å². The fourth-order valence-electron chi connectivity index (χ4n) is 3.20. The van der Waals surface area contributed by atoms with Gasteiger partial charge in [-0.25, -0.2) is 0 Å². The zero-order valence-corrected chi connectivity index (χ0v) is 14.5. The van der Waals surface area contributed by atoms with E-state index in [2.05, 4.69) is 41.4 Å². The van der Waals surface area contributed by atoms with Crippen molar-refractivity contribution in [1.82, 2.24) is 10.2 Å². The lowest BCUT2D eigenvalue weighted by molar-refractivity contribution is 0.171. The van der Waals surface area contributed by atoms with Gasteiger partial charge in [-0.05, 0) is 35.4 Å². The average Bonchev–Trinajstić information content (AvgIpc) is 3.33. The lowest BCUT2D eigenvalue weighted by Gasteiger charge is -2.35. The highest BCUT2D eigenvalue weighted by atomic mass is 16.5. The maximum Gasteiger partial charge on any atom is 0.126 e. The topological polar surface area (TPSA) is 44.7 Å². The summed E-state index contributed by atoms with van der Waals surface area (Å²) in [4.78, 5) is 2.49. The first-order valence-corrected chi connectivity index (χ1v) is 8.59. The van der Waals surface area contributed by atoms with E-state index in [1.54, 1.807) is 7.11 Å². The van der Waals surface area contributed by atoms with Crippen molar-refractivity contribution in [3.05, 3.63) is 53.6 Å². The maximum absolute atomic E-state index is 9.01. The van der Waals surface area contributed by atoms with Crippen molar-refractivity contribution in [2.45, 2.75) is 19.6 Å². The smallest absolute Gasteiger partial charge is 0.126 e. The van der Waals surface area contributed by atoms with Crippen molar-refractivity contribution in [2.75, 3.05) is 33.3 Å². The number of nitrogens with one attached hydrogen (secondary N) is 1. The average molecular weight is 326 g/mol. The molecule has 1 aliphatic heterocycles. The van der Waals surface area contributed by atoms with Crippen LogP contribution in [0.25, 0.3) is 11.1 Å². The SMILES string of the molecule is CCN1CCNCC1c1ccc(CO)cc1.COc1ccc2cc1-2. The van der Waals surface area contributed by atoms with Crippen LogP contribution in [0.1, 0.15) is 24.1 Å². The van der Waals surface area contributed by atoms with Crippen LogP contribution in [0.2, 0.25) is 0 Å². The van der Waals surface area contributed by atoms with Crippen LogP contribution in [0.15, 0.2) is 42.5 Å². The van der Waals surface area contributed by atoms with Crippen LogP contribution in [0.4, 0.5) is 0 Å². The van der Waals surface area contributed by atoms with E-state index in [9.17, 15) is 0 Å². The number of hydrogen-bond acceptors (Lipinski definition) is 4. The summed E-state index contributed by atoms with van der Waals surface area (Å²) in [5.74, 6) is 1.01. The van der Waals surface area contributed by atoms with Crippen molar-refractivity contribution in [3.8, 4) is 16.9 Å². The fourth-order valence-corrected chi connectivity index (χ4v) is 3.20. The zero-order chi connectivity index (χ0) is 16.9. The van der Waals surface area contributed by atoms with Gasteiger partial charge < -0.3 is 15.2 Å². The largest absolute Gasteiger partial charge is 0.496 e. The Bertz CT molecular complexity index is 670. The molecule has 0 saturated carbocycles. The minimum absolute atomic E-state index is 0.126. The molecule has 4 heteroatoms. The van der Waals surface area contributed by atoms with Crippen molar-refractivity contribution in [3.63, 3.8) is 0 Å². The molecule has 1 atom stereocenters. The number of benzene rings is 2. The first kappa shape index (κ1) is 17.0. The third-order valence-corrected chi connectivity index (χ3v) is 4.73. The number of methoxy groups -OCH3 is 1. The predicted molar refractivity (Wildman–Crippen MR) is 97.2 cm³/mol. The Morgan fingerprint density at radius 2 is 2.00 bits per heavy atom. The lowest BCUT2D eigenvalue weighted by Crippen LogP contribution is -2.45. The highest BCUT2D eigenvalue weighted by molar-refractivity contribution is 5.87. The Balaban J connectivity index is 0.000000175. The highest BCUT2D eigenvalue weighted by Gasteiger charge is 2.21. The maximum atomic E-state index is 9.01. The van der Waals surface area contributed by atoms with Gasteiger partial charge in [0.1, 0.15) is 5.75 Å². The highest BCUT2D eigenvalue weighted by Crippen LogP contribution is 2.43. The molecule has 0 radical (unpaired) electrons. The molecule has 1 aromatic rings. The molecular formula is C20H26N2O2. The molecule has 0 amide bonds. The number of fused-ring (bicyclic) bond motifs is 1. The first-order valence-electron chi connectivity index (χ1n) is 8.59. The molecule has 2 aliphatic carbocycles. The lowest BCUT2D eigenvalue weighted by atomic mass is 10.0. The van der Waals surface area contributed by atoms with E-state index in [1.807, 2.05) is 18.2 Å². The number of piperazine rings is 1. The van der Waals surface area contributed by atoms with Gasteiger partial charge in [-0.1, -0.05) is 37.3 Å². The van der Waals surface area contributed by atoms with E-state index < -0.39 is 0 Å². The second-order valence-corrected chi connectivity index (χ2v) is 6.16. The molecule has 1 saturated heterocycles. The number of aliphatic hydroxyl groups is 1. The number of rotatable bonds is 4. The summed E-state index contributed by atoms with van der Waals surface area (Å²) < 4.78 is 5.01. The Labute approximate surface area is 144 Å². The van der Waals surface area contributed by atoms with Gasteiger partial charge >= 0.3 is 0 Å². The molecule has 4 rings (SSSR count). The molecule has 1 aromatic carbocycles. The third-order valence-electron chi connectivity index (χ3n) is 4.73. The molecule has 128 valence electrons. The van der Waals surface area contributed by atoms with Crippen LogP contribution >= 0.6 is 0 Å². The Kier molecular flexibility index (Phi) is 5.51. The third kappa shape index (κ3) is 3.78. The van der Waals surface area contributed by atoms with Gasteiger partial charge in [0.25, 0.3) is 0 Å². The molecule has 2 N–H and O–H groups in total. The van der Waals surface area contributed by atoms with Crippen molar-refractivity contribution in [2.24, 2.45) is 0 Å². The van der Waals surface area contributed by atoms with E-state index in [0.717, 1.165) is 37.5 Å². The number of nitrogens with zero attached hydrogens (tertiary/aromatic N) is 1. The van der Waals surface area contributed by atoms with Gasteiger partial charge in [0.05, 0.1) is 13.7 Å². The van der Waals surface area contributed by atoms with E-state index in [1.165, 1.54) is 16.7 Å². The normalized spacial score (nSPS) is 18.5. The van der Waals surface area contributed by atoms with Crippen LogP contribution in [0.3, 0.4) is 0 Å². The summed E-state index contributed by atoms with van der Waals surface area (Å²) in [6.07, 6.45) is 0. The summed E-state index contributed by atoms with van der Waals surface area (Å²) in [6, 6.07) is 14.9. The minimum atomic E-state index is 0.126. The van der Waals surface area contributed by atoms with Crippen molar-refractivity contribution in [1.29, 1.82) is 0 Å². The molecule has 4 nitrogen and oxygen atoms in total. The minimum Gasteiger partial charge on any atom is -0.496 e. The van der Waals surface area contributed by atoms with Crippen LogP contribution in [-0.2, 0) is 6.61 Å². The molecule has 1 fully saturated rings. The quantitative estimate of drug-likeness (QED) is 0.774. The number of likely N-dealkylation sites (N-methyl/N-ethyl adjacent to an activating group) is 1. The number of aliphatic hydroxyl groups excluding tert-OH is 1. The molecule has 0 aromatic heterocycles. The first-order chi connectivity index (χ1) is 11.8. The summed E-state index contributed by atoms with van der Waals surface area (Å²) in [7, 11) is 1.70. The van der Waals surface area contributed by atoms with Gasteiger partial charge in [-0.3, -0.25) is 4.90 Å². The zero-order valence-electron chi connectivity index (χ0n) is 14.5. The summed E-state index contributed by atoms with van der Waals surface area (Å²) in [5.41, 5.74) is 4.94. The summed E-state index contributed by atoms with van der Waals surface area (Å²) >= 11 is 0. The Hall–Kier alpha value is -1.88. The Morgan fingerprint density at radius 3 is 2.50 bits per heavy atom. The summed E-state index contributed by atoms with van der Waals surface area (Å²) in [5, 5.41) is 12.4. The second-order valence-electron chi connectivity index (χ2n) is 6.16. The van der Waals surface area contributed by atoms with E-state index >= 15 is 0 Å². The van der Waals surface area contributed by atoms with Crippen molar-refractivity contribution >= 4 is 0 Å². The molecular weight excluding hydrogens is 300 g/mol. The van der Waals surface area contributed by atoms with Gasteiger partial charge in [0, 0.05) is 31.2 Å². The fraction of sp³-hybridized carbons (Fsp3) is 0.400. The van der Waals surface area contributed by atoms with Crippen molar-refractivity contribution < 1.29 is 9.84 Å². The molecule has 3 aliphatic rings. The van der Waals surface area contributed by atoms with E-state index in [0.29, 0.717) is 6.04 Å². The summed E-state index contributed by atoms with van der Waals surface area (Å²) in [6.45, 7) is 6.64. The monoisotopic (exact) mass is 326 g/mol. The van der Waals surface area contributed by atoms with Crippen LogP contribution in [0, 0.1) is 0 Å². The molecule has 0 spiro atoms. The number of hydrogen-bond donors (Lipinski definition) is 2. The Morgan fingerprint density at radius 1 is 1.21 bits per heavy atom. The second kappa shape index (κ2) is 7.79. The predicted octanol–water partition coefficient (Wildman–Crippen LogP) is 2.82.